The van der Waals surface area contributed by atoms with Gasteiger partial charge in [0.1, 0.15) is 13.2 Å². The van der Waals surface area contributed by atoms with Crippen LogP contribution in [0.15, 0.2) is 12.2 Å². The van der Waals surface area contributed by atoms with Crippen LogP contribution in [0.4, 0.5) is 0 Å². The van der Waals surface area contributed by atoms with Crippen molar-refractivity contribution in [1.29, 1.82) is 0 Å². The van der Waals surface area contributed by atoms with E-state index in [-0.39, 0.29) is 32.2 Å². The van der Waals surface area contributed by atoms with Gasteiger partial charge >= 0.3 is 11.9 Å². The van der Waals surface area contributed by atoms with Crippen molar-refractivity contribution in [2.45, 2.75) is 347 Å². The minimum Gasteiger partial charge on any atom is -0.545 e. The van der Waals surface area contributed by atoms with Gasteiger partial charge in [-0.2, -0.15) is 0 Å². The van der Waals surface area contributed by atoms with Crippen molar-refractivity contribution in [3.8, 4) is 0 Å². The van der Waals surface area contributed by atoms with Crippen LogP contribution in [0.25, 0.3) is 0 Å². The number of carbonyl (C=O) groups is 3. The summed E-state index contributed by atoms with van der Waals surface area (Å²) >= 11 is 0. The van der Waals surface area contributed by atoms with Gasteiger partial charge in [0.15, 0.2) is 12.4 Å². The van der Waals surface area contributed by atoms with Crippen LogP contribution in [0.2, 0.25) is 0 Å². The zero-order chi connectivity index (χ0) is 54.8. The number of rotatable bonds is 62. The highest BCUT2D eigenvalue weighted by Crippen LogP contribution is 2.19. The summed E-state index contributed by atoms with van der Waals surface area (Å²) in [5.74, 6) is -2.26. The average molecular weight is 1060 g/mol. The van der Waals surface area contributed by atoms with Crippen molar-refractivity contribution in [3.63, 3.8) is 0 Å². The summed E-state index contributed by atoms with van der Waals surface area (Å²) in [4.78, 5) is 37.3. The zero-order valence-electron chi connectivity index (χ0n) is 50.7. The first kappa shape index (κ1) is 73.0. The Kier molecular flexibility index (Phi) is 56.7. The number of ether oxygens (including phenoxy) is 4. The zero-order valence-corrected chi connectivity index (χ0v) is 50.7. The summed E-state index contributed by atoms with van der Waals surface area (Å²) in [6.07, 6.45) is 65.8. The van der Waals surface area contributed by atoms with Crippen LogP contribution in [-0.2, 0) is 33.3 Å². The number of likely N-dealkylation sites (N-methyl/N-ethyl adjacent to an activating group) is 1. The van der Waals surface area contributed by atoms with Gasteiger partial charge in [-0.25, -0.2) is 0 Å². The predicted molar refractivity (Wildman–Crippen MR) is 316 cm³/mol. The molecule has 0 amide bonds. The number of carboxylic acids is 1. The standard InChI is InChI=1S/C66H127NO8/c1-6-8-10-12-14-16-18-20-22-24-25-26-27-28-29-30-31-32-33-34-35-36-37-38-39-41-42-44-46-48-50-52-54-56-63(68)73-60-62(61-74-66(65(70)71)72-59-58-67(3,4)5)75-64(69)57-55-53-51-49-47-45-43-40-23-21-19-17-15-13-11-9-7-2/h21,23,62,66H,6-20,22,24-61H2,1-5H3/b23-21-. The first-order valence-electron chi connectivity index (χ1n) is 32.8. The molecule has 9 nitrogen and oxygen atoms in total. The van der Waals surface area contributed by atoms with E-state index in [1.807, 2.05) is 21.1 Å². The molecular weight excluding hydrogens is 935 g/mol. The van der Waals surface area contributed by atoms with Gasteiger partial charge in [-0.1, -0.05) is 296 Å². The molecule has 0 aromatic rings. The maximum atomic E-state index is 12.9. The van der Waals surface area contributed by atoms with Gasteiger partial charge in [-0.3, -0.25) is 9.59 Å². The number of unbranched alkanes of at least 4 members (excludes halogenated alkanes) is 45. The molecule has 0 aromatic carbocycles. The number of aliphatic carboxylic acids is 1. The topological polar surface area (TPSA) is 111 Å². The van der Waals surface area contributed by atoms with Crippen molar-refractivity contribution < 1.29 is 42.9 Å². The van der Waals surface area contributed by atoms with Crippen LogP contribution >= 0.6 is 0 Å². The molecule has 2 unspecified atom stereocenters. The van der Waals surface area contributed by atoms with Crippen LogP contribution in [0.3, 0.4) is 0 Å². The molecular formula is C66H127NO8. The molecule has 0 fully saturated rings. The van der Waals surface area contributed by atoms with Crippen molar-refractivity contribution in [1.82, 2.24) is 0 Å². The third-order valence-electron chi connectivity index (χ3n) is 15.0. The van der Waals surface area contributed by atoms with Crippen LogP contribution in [0.1, 0.15) is 335 Å². The Hall–Kier alpha value is -1.97. The molecule has 2 atom stereocenters. The second-order valence-electron chi connectivity index (χ2n) is 23.8. The van der Waals surface area contributed by atoms with Crippen molar-refractivity contribution in [2.24, 2.45) is 0 Å². The van der Waals surface area contributed by atoms with E-state index in [4.69, 9.17) is 18.9 Å². The molecule has 0 aromatic heterocycles. The fourth-order valence-electron chi connectivity index (χ4n) is 9.95. The molecule has 0 rings (SSSR count). The second kappa shape index (κ2) is 58.2. The highest BCUT2D eigenvalue weighted by molar-refractivity contribution is 5.70. The summed E-state index contributed by atoms with van der Waals surface area (Å²) in [5.41, 5.74) is 0. The molecule has 444 valence electrons. The maximum Gasteiger partial charge on any atom is 0.306 e. The molecule has 0 spiro atoms. The molecule has 0 radical (unpaired) electrons. The lowest BCUT2D eigenvalue weighted by Crippen LogP contribution is -2.44. The molecule has 0 heterocycles. The Morgan fingerprint density at radius 2 is 0.680 bits per heavy atom. The molecule has 0 aliphatic rings. The molecule has 0 bridgehead atoms. The van der Waals surface area contributed by atoms with E-state index in [1.165, 1.54) is 257 Å². The number of hydrogen-bond acceptors (Lipinski definition) is 8. The monoisotopic (exact) mass is 1060 g/mol. The van der Waals surface area contributed by atoms with Crippen molar-refractivity contribution in [2.75, 3.05) is 47.5 Å². The van der Waals surface area contributed by atoms with Gasteiger partial charge in [-0.05, 0) is 38.5 Å². The third kappa shape index (κ3) is 59.5. The quantitative estimate of drug-likeness (QED) is 0.0195. The lowest BCUT2D eigenvalue weighted by atomic mass is 10.0. The molecule has 9 heteroatoms. The van der Waals surface area contributed by atoms with E-state index in [2.05, 4.69) is 26.0 Å². The van der Waals surface area contributed by atoms with Crippen LogP contribution in [-0.4, -0.2) is 82.3 Å². The van der Waals surface area contributed by atoms with Crippen LogP contribution in [0.5, 0.6) is 0 Å². The van der Waals surface area contributed by atoms with Crippen molar-refractivity contribution >= 4 is 17.9 Å². The van der Waals surface area contributed by atoms with Gasteiger partial charge in [0, 0.05) is 12.8 Å². The average Bonchev–Trinajstić information content (AvgIpc) is 3.38. The van der Waals surface area contributed by atoms with Gasteiger partial charge in [0.05, 0.1) is 40.3 Å². The Labute approximate surface area is 465 Å². The van der Waals surface area contributed by atoms with Gasteiger partial charge in [-0.15, -0.1) is 0 Å². The summed E-state index contributed by atoms with van der Waals surface area (Å²) in [7, 11) is 5.93. The number of hydrogen-bond donors (Lipinski definition) is 0. The Bertz CT molecular complexity index is 1240. The Morgan fingerprint density at radius 3 is 0.987 bits per heavy atom. The molecule has 75 heavy (non-hydrogen) atoms. The minimum absolute atomic E-state index is 0.150. The number of carbonyl (C=O) groups excluding carboxylic acids is 3. The highest BCUT2D eigenvalue weighted by atomic mass is 16.7. The molecule has 0 saturated heterocycles. The molecule has 0 saturated carbocycles. The fraction of sp³-hybridized carbons (Fsp3) is 0.924. The van der Waals surface area contributed by atoms with E-state index in [0.717, 1.165) is 44.9 Å². The van der Waals surface area contributed by atoms with E-state index >= 15 is 0 Å². The summed E-state index contributed by atoms with van der Waals surface area (Å²) < 4.78 is 22.7. The number of nitrogens with zero attached hydrogens (tertiary/aromatic N) is 1. The number of allylic oxidation sites excluding steroid dienone is 2. The van der Waals surface area contributed by atoms with Gasteiger partial charge < -0.3 is 33.3 Å². The normalized spacial score (nSPS) is 12.7. The molecule has 0 aliphatic heterocycles. The smallest absolute Gasteiger partial charge is 0.306 e. The second-order valence-corrected chi connectivity index (χ2v) is 23.8. The lowest BCUT2D eigenvalue weighted by Gasteiger charge is -2.26. The van der Waals surface area contributed by atoms with E-state index in [0.29, 0.717) is 23.9 Å². The number of quaternary nitrogens is 1. The SMILES string of the molecule is CCCCCCCC/C=C\CCCCCCCCCC(=O)OC(COC(=O)CCCCCCCCCCCCCCCCCCCCCCCCCCCCCCCCCCC)COC(OCC[N+](C)(C)C)C(=O)[O-]. The van der Waals surface area contributed by atoms with Gasteiger partial charge in [0.2, 0.25) is 0 Å². The minimum atomic E-state index is -1.62. The number of esters is 2. The third-order valence-corrected chi connectivity index (χ3v) is 15.0. The summed E-state index contributed by atoms with van der Waals surface area (Å²) in [6.45, 7) is 4.80. The Balaban J connectivity index is 4.00. The van der Waals surface area contributed by atoms with Gasteiger partial charge in [0.25, 0.3) is 0 Å². The van der Waals surface area contributed by atoms with Crippen LogP contribution < -0.4 is 5.11 Å². The summed E-state index contributed by atoms with van der Waals surface area (Å²) in [6, 6.07) is 0. The molecule has 0 aliphatic carbocycles. The largest absolute Gasteiger partial charge is 0.545 e. The molecule has 0 N–H and O–H groups in total. The lowest BCUT2D eigenvalue weighted by molar-refractivity contribution is -0.870. The van der Waals surface area contributed by atoms with Crippen LogP contribution in [0, 0.1) is 0 Å². The first-order chi connectivity index (χ1) is 36.6. The summed E-state index contributed by atoms with van der Waals surface area (Å²) in [5, 5.41) is 11.8. The van der Waals surface area contributed by atoms with E-state index in [9.17, 15) is 19.5 Å². The highest BCUT2D eigenvalue weighted by Gasteiger charge is 2.22. The van der Waals surface area contributed by atoms with E-state index < -0.39 is 24.3 Å². The fourth-order valence-corrected chi connectivity index (χ4v) is 9.95. The number of carboxylic acid groups (broad SMARTS) is 1. The van der Waals surface area contributed by atoms with E-state index in [1.54, 1.807) is 0 Å². The Morgan fingerprint density at radius 1 is 0.387 bits per heavy atom. The first-order valence-corrected chi connectivity index (χ1v) is 32.8. The maximum absolute atomic E-state index is 12.9. The predicted octanol–water partition coefficient (Wildman–Crippen LogP) is 18.4. The van der Waals surface area contributed by atoms with Crippen molar-refractivity contribution in [3.05, 3.63) is 12.2 Å².